The summed E-state index contributed by atoms with van der Waals surface area (Å²) in [5.74, 6) is 0.0383. The van der Waals surface area contributed by atoms with Crippen LogP contribution in [-0.2, 0) is 4.79 Å². The molecule has 2 aromatic carbocycles. The number of nitrogens with zero attached hydrogens (tertiary/aromatic N) is 3. The van der Waals surface area contributed by atoms with E-state index in [1.54, 1.807) is 17.0 Å². The molecule has 7 heteroatoms. The van der Waals surface area contributed by atoms with Gasteiger partial charge in [-0.3, -0.25) is 19.9 Å². The van der Waals surface area contributed by atoms with E-state index in [0.29, 0.717) is 12.1 Å². The van der Waals surface area contributed by atoms with Crippen LogP contribution in [0.15, 0.2) is 47.5 Å². The van der Waals surface area contributed by atoms with Crippen LogP contribution in [0.3, 0.4) is 0 Å². The van der Waals surface area contributed by atoms with Crippen LogP contribution in [0.4, 0.5) is 17.1 Å². The number of amides is 1. The quantitative estimate of drug-likeness (QED) is 0.530. The molecule has 1 fully saturated rings. The maximum Gasteiger partial charge on any atom is 0.270 e. The lowest BCUT2D eigenvalue weighted by Crippen LogP contribution is -2.23. The summed E-state index contributed by atoms with van der Waals surface area (Å²) in [4.78, 5) is 27.9. The number of non-ortho nitro benzene ring substituents is 1. The molecule has 0 radical (unpaired) electrons. The third kappa shape index (κ3) is 3.24. The van der Waals surface area contributed by atoms with Crippen molar-refractivity contribution in [2.24, 2.45) is 4.99 Å². The van der Waals surface area contributed by atoms with Crippen molar-refractivity contribution < 1.29 is 14.8 Å². The van der Waals surface area contributed by atoms with E-state index >= 15 is 0 Å². The first-order chi connectivity index (χ1) is 11.5. The number of aromatic hydroxyl groups is 1. The molecule has 1 aliphatic rings. The number of nitro benzene ring substituents is 1. The fraction of sp³-hybridized carbons (Fsp3) is 0.176. The Kier molecular flexibility index (Phi) is 4.24. The van der Waals surface area contributed by atoms with Gasteiger partial charge in [0.15, 0.2) is 0 Å². The van der Waals surface area contributed by atoms with Gasteiger partial charge in [0.25, 0.3) is 5.69 Å². The monoisotopic (exact) mass is 325 g/mol. The van der Waals surface area contributed by atoms with E-state index in [4.69, 9.17) is 0 Å². The number of phenolic OH excluding ortho intramolecular Hbond substituents is 1. The molecule has 2 aromatic rings. The minimum Gasteiger partial charge on any atom is -0.507 e. The predicted octanol–water partition coefficient (Wildman–Crippen LogP) is 3.18. The summed E-state index contributed by atoms with van der Waals surface area (Å²) < 4.78 is 0. The number of carbonyl (C=O) groups is 1. The number of anilines is 1. The third-order valence-corrected chi connectivity index (χ3v) is 3.81. The molecule has 0 aliphatic carbocycles. The molecule has 122 valence electrons. The predicted molar refractivity (Wildman–Crippen MR) is 90.0 cm³/mol. The molecule has 0 atom stereocenters. The van der Waals surface area contributed by atoms with E-state index in [-0.39, 0.29) is 22.9 Å². The van der Waals surface area contributed by atoms with Crippen molar-refractivity contribution >= 4 is 29.2 Å². The number of nitro groups is 1. The van der Waals surface area contributed by atoms with Crippen LogP contribution in [0.1, 0.15) is 18.4 Å². The highest BCUT2D eigenvalue weighted by Crippen LogP contribution is 2.25. The molecular formula is C17H15N3O4. The highest BCUT2D eigenvalue weighted by molar-refractivity contribution is 5.95. The zero-order valence-electron chi connectivity index (χ0n) is 12.8. The number of benzene rings is 2. The van der Waals surface area contributed by atoms with Gasteiger partial charge in [-0.05, 0) is 36.8 Å². The minimum absolute atomic E-state index is 0.0800. The Morgan fingerprint density at radius 3 is 2.58 bits per heavy atom. The summed E-state index contributed by atoms with van der Waals surface area (Å²) >= 11 is 0. The maximum absolute atomic E-state index is 11.7. The summed E-state index contributed by atoms with van der Waals surface area (Å²) in [7, 11) is 0. The molecule has 3 rings (SSSR count). The van der Waals surface area contributed by atoms with E-state index in [2.05, 4.69) is 4.99 Å². The van der Waals surface area contributed by atoms with Crippen molar-refractivity contribution in [3.05, 3.63) is 58.1 Å². The van der Waals surface area contributed by atoms with E-state index in [0.717, 1.165) is 18.7 Å². The van der Waals surface area contributed by atoms with Gasteiger partial charge in [0.1, 0.15) is 5.75 Å². The van der Waals surface area contributed by atoms with Crippen molar-refractivity contribution in [2.75, 3.05) is 11.4 Å². The highest BCUT2D eigenvalue weighted by Gasteiger charge is 2.21. The first kappa shape index (κ1) is 15.7. The summed E-state index contributed by atoms with van der Waals surface area (Å²) in [6.45, 7) is 0.725. The van der Waals surface area contributed by atoms with Gasteiger partial charge in [-0.1, -0.05) is 0 Å². The Labute approximate surface area is 138 Å². The Morgan fingerprint density at radius 1 is 1.21 bits per heavy atom. The lowest BCUT2D eigenvalue weighted by atomic mass is 10.2. The summed E-state index contributed by atoms with van der Waals surface area (Å²) in [6.07, 6.45) is 2.81. The molecule has 0 unspecified atom stereocenters. The zero-order chi connectivity index (χ0) is 17.1. The Bertz CT molecular complexity index is 815. The van der Waals surface area contributed by atoms with Crippen LogP contribution < -0.4 is 4.90 Å². The summed E-state index contributed by atoms with van der Waals surface area (Å²) in [5.41, 5.74) is 1.60. The molecular weight excluding hydrogens is 310 g/mol. The SMILES string of the molecule is O=C1CCCN1c1ccc(N=Cc2cc([N+](=O)[O-])ccc2O)cc1. The van der Waals surface area contributed by atoms with E-state index in [9.17, 15) is 20.0 Å². The number of rotatable bonds is 4. The second-order valence-electron chi connectivity index (χ2n) is 5.42. The highest BCUT2D eigenvalue weighted by atomic mass is 16.6. The second kappa shape index (κ2) is 6.49. The van der Waals surface area contributed by atoms with Gasteiger partial charge in [-0.2, -0.15) is 0 Å². The van der Waals surface area contributed by atoms with Gasteiger partial charge in [0.05, 0.1) is 10.6 Å². The molecule has 0 bridgehead atoms. The molecule has 1 heterocycles. The van der Waals surface area contributed by atoms with E-state index < -0.39 is 4.92 Å². The van der Waals surface area contributed by atoms with E-state index in [1.165, 1.54) is 24.4 Å². The minimum atomic E-state index is -0.529. The normalized spacial score (nSPS) is 14.5. The standard InChI is InChI=1S/C17H15N3O4/c21-16-8-7-15(20(23)24)10-12(16)11-18-13-3-5-14(6-4-13)19-9-1-2-17(19)22/h3-8,10-11,21H,1-2,9H2. The Balaban J connectivity index is 1.78. The van der Waals surface area contributed by atoms with Crippen molar-refractivity contribution in [1.29, 1.82) is 0 Å². The van der Waals surface area contributed by atoms with Gasteiger partial charge in [0.2, 0.25) is 5.91 Å². The van der Waals surface area contributed by atoms with Crippen molar-refractivity contribution in [3.63, 3.8) is 0 Å². The molecule has 0 aromatic heterocycles. The topological polar surface area (TPSA) is 96.0 Å². The molecule has 1 N–H and O–H groups in total. The summed E-state index contributed by atoms with van der Waals surface area (Å²) in [6, 6.07) is 10.9. The van der Waals surface area contributed by atoms with Crippen LogP contribution in [-0.4, -0.2) is 28.7 Å². The zero-order valence-corrected chi connectivity index (χ0v) is 12.8. The smallest absolute Gasteiger partial charge is 0.270 e. The lowest BCUT2D eigenvalue weighted by Gasteiger charge is -2.15. The average molecular weight is 325 g/mol. The molecule has 0 spiro atoms. The number of phenols is 1. The largest absolute Gasteiger partial charge is 0.507 e. The van der Waals surface area contributed by atoms with Crippen molar-refractivity contribution in [2.45, 2.75) is 12.8 Å². The van der Waals surface area contributed by atoms with Crippen LogP contribution >= 0.6 is 0 Å². The van der Waals surface area contributed by atoms with Gasteiger partial charge in [-0.25, -0.2) is 0 Å². The number of hydrogen-bond acceptors (Lipinski definition) is 5. The Hall–Kier alpha value is -3.22. The van der Waals surface area contributed by atoms with E-state index in [1.807, 2.05) is 12.1 Å². The number of hydrogen-bond donors (Lipinski definition) is 1. The average Bonchev–Trinajstić information content (AvgIpc) is 3.00. The van der Waals surface area contributed by atoms with Gasteiger partial charge >= 0.3 is 0 Å². The van der Waals surface area contributed by atoms with Crippen LogP contribution in [0.2, 0.25) is 0 Å². The number of aliphatic imine (C=N–C) groups is 1. The molecule has 1 amide bonds. The molecule has 24 heavy (non-hydrogen) atoms. The second-order valence-corrected chi connectivity index (χ2v) is 5.42. The number of carbonyl (C=O) groups excluding carboxylic acids is 1. The summed E-state index contributed by atoms with van der Waals surface area (Å²) in [5, 5.41) is 20.5. The first-order valence-corrected chi connectivity index (χ1v) is 7.46. The van der Waals surface area contributed by atoms with Gasteiger partial charge in [-0.15, -0.1) is 0 Å². The van der Waals surface area contributed by atoms with Gasteiger partial charge < -0.3 is 10.0 Å². The third-order valence-electron chi connectivity index (χ3n) is 3.81. The van der Waals surface area contributed by atoms with Crippen LogP contribution in [0.25, 0.3) is 0 Å². The molecule has 1 aliphatic heterocycles. The van der Waals surface area contributed by atoms with Crippen molar-refractivity contribution in [3.8, 4) is 5.75 Å². The van der Waals surface area contributed by atoms with Crippen molar-refractivity contribution in [1.82, 2.24) is 0 Å². The van der Waals surface area contributed by atoms with Gasteiger partial charge in [0, 0.05) is 42.6 Å². The maximum atomic E-state index is 11.7. The lowest BCUT2D eigenvalue weighted by molar-refractivity contribution is -0.384. The van der Waals surface area contributed by atoms with Crippen LogP contribution in [0.5, 0.6) is 5.75 Å². The molecule has 0 saturated carbocycles. The fourth-order valence-corrected chi connectivity index (χ4v) is 2.54. The molecule has 7 nitrogen and oxygen atoms in total. The molecule has 1 saturated heterocycles. The fourth-order valence-electron chi connectivity index (χ4n) is 2.54. The Morgan fingerprint density at radius 2 is 1.96 bits per heavy atom. The first-order valence-electron chi connectivity index (χ1n) is 7.46. The van der Waals surface area contributed by atoms with Crippen LogP contribution in [0, 0.1) is 10.1 Å².